The van der Waals surface area contributed by atoms with Crippen molar-refractivity contribution in [3.63, 3.8) is 0 Å². The van der Waals surface area contributed by atoms with E-state index in [4.69, 9.17) is 0 Å². The number of nitrogens with one attached hydrogen (secondary N) is 2. The zero-order valence-electron chi connectivity index (χ0n) is 13.0. The lowest BCUT2D eigenvalue weighted by Gasteiger charge is -2.09. The summed E-state index contributed by atoms with van der Waals surface area (Å²) >= 11 is 0. The summed E-state index contributed by atoms with van der Waals surface area (Å²) in [6.45, 7) is 0.381. The first-order valence-electron chi connectivity index (χ1n) is 7.27. The maximum absolute atomic E-state index is 12.0. The number of carbonyl (C=O) groups is 1. The molecular formula is C16H16N6O2. The number of amides is 2. The van der Waals surface area contributed by atoms with Crippen LogP contribution >= 0.6 is 0 Å². The third-order valence-electron chi connectivity index (χ3n) is 3.28. The van der Waals surface area contributed by atoms with Crippen LogP contribution in [0.5, 0.6) is 0 Å². The molecular weight excluding hydrogens is 308 g/mol. The zero-order chi connectivity index (χ0) is 16.9. The van der Waals surface area contributed by atoms with E-state index in [-0.39, 0.29) is 11.7 Å². The van der Waals surface area contributed by atoms with Crippen LogP contribution in [0.1, 0.15) is 5.56 Å². The summed E-state index contributed by atoms with van der Waals surface area (Å²) in [7, 11) is 1.77. The summed E-state index contributed by atoms with van der Waals surface area (Å²) in [5.74, 6) is 0. The van der Waals surface area contributed by atoms with E-state index in [1.807, 2.05) is 18.2 Å². The highest BCUT2D eigenvalue weighted by Crippen LogP contribution is 2.12. The molecule has 0 aliphatic heterocycles. The fourth-order valence-corrected chi connectivity index (χ4v) is 2.23. The second-order valence-electron chi connectivity index (χ2n) is 5.21. The smallest absolute Gasteiger partial charge is 0.308 e. The molecule has 0 fully saturated rings. The second-order valence-corrected chi connectivity index (χ2v) is 5.21. The number of anilines is 2. The lowest BCUT2D eigenvalue weighted by molar-refractivity contribution is 0.262. The molecule has 3 rings (SSSR count). The Morgan fingerprint density at radius 2 is 2.04 bits per heavy atom. The summed E-state index contributed by atoms with van der Waals surface area (Å²) in [6.07, 6.45) is 6.39. The Hall–Kier alpha value is -3.42. The fourth-order valence-electron chi connectivity index (χ4n) is 2.23. The van der Waals surface area contributed by atoms with Gasteiger partial charge >= 0.3 is 11.7 Å². The molecule has 2 N–H and O–H groups in total. The first-order chi connectivity index (χ1) is 11.6. The number of hydrogen-bond acceptors (Lipinski definition) is 4. The SMILES string of the molecule is Cn1cc(NC(=O)Nc2cccc(Cn3cccnc3=O)c2)cn1. The van der Waals surface area contributed by atoms with E-state index in [1.165, 1.54) is 10.8 Å². The lowest BCUT2D eigenvalue weighted by Crippen LogP contribution is -2.22. The summed E-state index contributed by atoms with van der Waals surface area (Å²) in [5.41, 5.74) is 1.80. The average molecular weight is 324 g/mol. The normalized spacial score (nSPS) is 10.4. The van der Waals surface area contributed by atoms with Gasteiger partial charge in [0, 0.05) is 31.3 Å². The van der Waals surface area contributed by atoms with Crippen molar-refractivity contribution in [2.24, 2.45) is 7.05 Å². The number of hydrogen-bond donors (Lipinski definition) is 2. The molecule has 8 heteroatoms. The van der Waals surface area contributed by atoms with Gasteiger partial charge in [-0.1, -0.05) is 12.1 Å². The van der Waals surface area contributed by atoms with Gasteiger partial charge in [0.15, 0.2) is 0 Å². The van der Waals surface area contributed by atoms with E-state index in [1.54, 1.807) is 42.5 Å². The number of carbonyl (C=O) groups excluding carboxylic acids is 1. The first kappa shape index (κ1) is 15.5. The predicted octanol–water partition coefficient (Wildman–Crippen LogP) is 1.67. The Labute approximate surface area is 137 Å². The van der Waals surface area contributed by atoms with Gasteiger partial charge in [0.25, 0.3) is 0 Å². The summed E-state index contributed by atoms with van der Waals surface area (Å²) < 4.78 is 3.09. The molecule has 0 bridgehead atoms. The van der Waals surface area contributed by atoms with Crippen LogP contribution in [0.25, 0.3) is 0 Å². The standard InChI is InChI=1S/C16H16N6O2/c1-21-11-14(9-18-21)20-15(23)19-13-5-2-4-12(8-13)10-22-7-3-6-17-16(22)24/h2-9,11H,10H2,1H3,(H2,19,20,23). The molecule has 0 saturated heterocycles. The van der Waals surface area contributed by atoms with Gasteiger partial charge in [-0.25, -0.2) is 14.6 Å². The lowest BCUT2D eigenvalue weighted by atomic mass is 10.2. The predicted molar refractivity (Wildman–Crippen MR) is 89.9 cm³/mol. The van der Waals surface area contributed by atoms with Crippen LogP contribution in [0, 0.1) is 0 Å². The number of aromatic nitrogens is 4. The molecule has 1 aromatic carbocycles. The molecule has 2 amide bonds. The van der Waals surface area contributed by atoms with Gasteiger partial charge in [-0.05, 0) is 23.8 Å². The number of urea groups is 1. The Bertz CT molecular complexity index is 914. The topological polar surface area (TPSA) is 93.8 Å². The highest BCUT2D eigenvalue weighted by Gasteiger charge is 2.05. The number of benzene rings is 1. The molecule has 0 aliphatic rings. The molecule has 0 unspecified atom stereocenters. The van der Waals surface area contributed by atoms with Crippen molar-refractivity contribution in [2.75, 3.05) is 10.6 Å². The summed E-state index contributed by atoms with van der Waals surface area (Å²) in [5, 5.41) is 9.42. The molecule has 2 aromatic heterocycles. The highest BCUT2D eigenvalue weighted by atomic mass is 16.2. The van der Waals surface area contributed by atoms with Gasteiger partial charge in [-0.3, -0.25) is 9.25 Å². The Morgan fingerprint density at radius 1 is 1.21 bits per heavy atom. The van der Waals surface area contributed by atoms with Gasteiger partial charge in [0.1, 0.15) is 0 Å². The van der Waals surface area contributed by atoms with Gasteiger partial charge in [-0.2, -0.15) is 5.10 Å². The van der Waals surface area contributed by atoms with Crippen molar-refractivity contribution in [1.29, 1.82) is 0 Å². The Balaban J connectivity index is 1.68. The van der Waals surface area contributed by atoms with E-state index in [9.17, 15) is 9.59 Å². The van der Waals surface area contributed by atoms with Crippen molar-refractivity contribution in [2.45, 2.75) is 6.54 Å². The quantitative estimate of drug-likeness (QED) is 0.763. The zero-order valence-corrected chi connectivity index (χ0v) is 13.0. The third kappa shape index (κ3) is 3.86. The second kappa shape index (κ2) is 6.78. The van der Waals surface area contributed by atoms with Crippen molar-refractivity contribution < 1.29 is 4.79 Å². The molecule has 122 valence electrons. The van der Waals surface area contributed by atoms with Crippen LogP contribution in [0.15, 0.2) is 59.9 Å². The maximum atomic E-state index is 12.0. The van der Waals surface area contributed by atoms with E-state index in [0.29, 0.717) is 17.9 Å². The van der Waals surface area contributed by atoms with Crippen LogP contribution in [-0.2, 0) is 13.6 Å². The van der Waals surface area contributed by atoms with Crippen LogP contribution in [0.2, 0.25) is 0 Å². The Morgan fingerprint density at radius 3 is 2.79 bits per heavy atom. The molecule has 0 spiro atoms. The minimum Gasteiger partial charge on any atom is -0.308 e. The van der Waals surface area contributed by atoms with Crippen LogP contribution in [0.3, 0.4) is 0 Å². The third-order valence-corrected chi connectivity index (χ3v) is 3.28. The molecule has 3 aromatic rings. The largest absolute Gasteiger partial charge is 0.347 e. The molecule has 2 heterocycles. The number of rotatable bonds is 4. The van der Waals surface area contributed by atoms with Gasteiger partial charge < -0.3 is 10.6 Å². The van der Waals surface area contributed by atoms with Gasteiger partial charge in [0.2, 0.25) is 0 Å². The van der Waals surface area contributed by atoms with Crippen molar-refractivity contribution >= 4 is 17.4 Å². The van der Waals surface area contributed by atoms with E-state index in [0.717, 1.165) is 5.56 Å². The average Bonchev–Trinajstić information content (AvgIpc) is 2.95. The van der Waals surface area contributed by atoms with Crippen molar-refractivity contribution in [1.82, 2.24) is 19.3 Å². The van der Waals surface area contributed by atoms with Crippen LogP contribution in [-0.4, -0.2) is 25.4 Å². The highest BCUT2D eigenvalue weighted by molar-refractivity contribution is 5.99. The van der Waals surface area contributed by atoms with E-state index < -0.39 is 0 Å². The van der Waals surface area contributed by atoms with Crippen molar-refractivity contribution in [3.8, 4) is 0 Å². The molecule has 0 radical (unpaired) electrons. The first-order valence-corrected chi connectivity index (χ1v) is 7.27. The molecule has 8 nitrogen and oxygen atoms in total. The monoisotopic (exact) mass is 324 g/mol. The van der Waals surface area contributed by atoms with Crippen LogP contribution < -0.4 is 16.3 Å². The summed E-state index contributed by atoms with van der Waals surface area (Å²) in [4.78, 5) is 27.4. The fraction of sp³-hybridized carbons (Fsp3) is 0.125. The Kier molecular flexibility index (Phi) is 4.37. The number of aryl methyl sites for hydroxylation is 1. The summed E-state index contributed by atoms with van der Waals surface area (Å²) in [6, 6.07) is 8.62. The molecule has 0 saturated carbocycles. The maximum Gasteiger partial charge on any atom is 0.347 e. The number of nitrogens with zero attached hydrogens (tertiary/aromatic N) is 4. The minimum absolute atomic E-state index is 0.315. The molecule has 0 aliphatic carbocycles. The minimum atomic E-state index is -0.362. The molecule has 24 heavy (non-hydrogen) atoms. The van der Waals surface area contributed by atoms with Crippen molar-refractivity contribution in [3.05, 3.63) is 71.2 Å². The van der Waals surface area contributed by atoms with E-state index in [2.05, 4.69) is 20.7 Å². The van der Waals surface area contributed by atoms with E-state index >= 15 is 0 Å². The van der Waals surface area contributed by atoms with Crippen LogP contribution in [0.4, 0.5) is 16.2 Å². The van der Waals surface area contributed by atoms with Gasteiger partial charge in [0.05, 0.1) is 18.4 Å². The van der Waals surface area contributed by atoms with Gasteiger partial charge in [-0.15, -0.1) is 0 Å². The molecule has 0 atom stereocenters.